The molecule has 0 bridgehead atoms. The van der Waals surface area contributed by atoms with E-state index in [2.05, 4.69) is 10.3 Å². The van der Waals surface area contributed by atoms with Gasteiger partial charge < -0.3 is 10.1 Å². The minimum Gasteiger partial charge on any atom is -0.486 e. The maximum atomic E-state index is 12.6. The monoisotopic (exact) mass is 440 g/mol. The Morgan fingerprint density at radius 2 is 1.79 bits per heavy atom. The van der Waals surface area contributed by atoms with Crippen molar-refractivity contribution in [1.29, 1.82) is 0 Å². The van der Waals surface area contributed by atoms with Gasteiger partial charge in [0.25, 0.3) is 5.91 Å². The van der Waals surface area contributed by atoms with Crippen LogP contribution in [0.2, 0.25) is 5.02 Å². The van der Waals surface area contributed by atoms with Crippen LogP contribution in [-0.4, -0.2) is 10.9 Å². The molecule has 0 aliphatic heterocycles. The fourth-order valence-electron chi connectivity index (χ4n) is 2.47. The summed E-state index contributed by atoms with van der Waals surface area (Å²) in [6.07, 6.45) is -4.38. The Kier molecular flexibility index (Phi) is 6.44. The Hall–Kier alpha value is -2.58. The van der Waals surface area contributed by atoms with E-state index in [-0.39, 0.29) is 19.1 Å². The quantitative estimate of drug-likeness (QED) is 0.540. The first-order valence-corrected chi connectivity index (χ1v) is 9.71. The van der Waals surface area contributed by atoms with E-state index in [9.17, 15) is 18.0 Å². The minimum atomic E-state index is -4.38. The van der Waals surface area contributed by atoms with Crippen LogP contribution in [0, 0.1) is 6.92 Å². The van der Waals surface area contributed by atoms with Gasteiger partial charge in [-0.05, 0) is 48.9 Å². The van der Waals surface area contributed by atoms with Crippen molar-refractivity contribution in [3.8, 4) is 5.75 Å². The number of aryl methyl sites for hydroxylation is 1. The lowest BCUT2D eigenvalue weighted by molar-refractivity contribution is -0.137. The van der Waals surface area contributed by atoms with Gasteiger partial charge in [-0.25, -0.2) is 4.98 Å². The second-order valence-corrected chi connectivity index (χ2v) is 7.66. The molecule has 3 rings (SSSR count). The number of ether oxygens (including phenoxy) is 1. The van der Waals surface area contributed by atoms with Gasteiger partial charge >= 0.3 is 6.18 Å². The Morgan fingerprint density at radius 3 is 2.41 bits per heavy atom. The summed E-state index contributed by atoms with van der Waals surface area (Å²) >= 11 is 7.04. The Bertz CT molecular complexity index is 986. The van der Waals surface area contributed by atoms with Crippen LogP contribution in [0.5, 0.6) is 5.75 Å². The maximum Gasteiger partial charge on any atom is 0.416 e. The summed E-state index contributed by atoms with van der Waals surface area (Å²) in [6.45, 7) is 2.04. The molecule has 0 spiro atoms. The van der Waals surface area contributed by atoms with Crippen LogP contribution in [0.1, 0.15) is 31.5 Å². The summed E-state index contributed by atoms with van der Waals surface area (Å²) in [7, 11) is 0. The predicted octanol–water partition coefficient (Wildman–Crippen LogP) is 5.63. The average Bonchev–Trinajstić information content (AvgIpc) is 3.06. The van der Waals surface area contributed by atoms with Crippen molar-refractivity contribution in [2.75, 3.05) is 0 Å². The van der Waals surface area contributed by atoms with Crippen LogP contribution in [0.25, 0.3) is 0 Å². The molecule has 0 atom stereocenters. The zero-order chi connectivity index (χ0) is 21.0. The van der Waals surface area contributed by atoms with Crippen molar-refractivity contribution in [3.05, 3.63) is 80.3 Å². The van der Waals surface area contributed by atoms with Gasteiger partial charge in [-0.1, -0.05) is 23.7 Å². The molecule has 0 fully saturated rings. The largest absolute Gasteiger partial charge is 0.486 e. The van der Waals surface area contributed by atoms with Crippen molar-refractivity contribution in [3.63, 3.8) is 0 Å². The zero-order valence-corrected chi connectivity index (χ0v) is 16.8. The molecule has 0 radical (unpaired) electrons. The fourth-order valence-corrected chi connectivity index (χ4v) is 3.50. The van der Waals surface area contributed by atoms with Crippen molar-refractivity contribution in [2.24, 2.45) is 0 Å². The minimum absolute atomic E-state index is 0.116. The van der Waals surface area contributed by atoms with E-state index in [1.165, 1.54) is 23.5 Å². The summed E-state index contributed by atoms with van der Waals surface area (Å²) in [4.78, 5) is 17.2. The number of carbonyl (C=O) groups is 1. The van der Waals surface area contributed by atoms with E-state index in [1.54, 1.807) is 31.2 Å². The number of aromatic nitrogens is 1. The summed E-state index contributed by atoms with van der Waals surface area (Å²) in [5.41, 5.74) is 0.408. The number of rotatable bonds is 6. The highest BCUT2D eigenvalue weighted by atomic mass is 35.5. The van der Waals surface area contributed by atoms with E-state index in [1.807, 2.05) is 0 Å². The Balaban J connectivity index is 1.57. The number of nitrogens with zero attached hydrogens (tertiary/aromatic N) is 1. The SMILES string of the molecule is Cc1nc(COc2ccc(Cl)cc2)sc1C(=O)NCc1ccc(C(F)(F)F)cc1. The summed E-state index contributed by atoms with van der Waals surface area (Å²) < 4.78 is 43.4. The van der Waals surface area contributed by atoms with E-state index in [4.69, 9.17) is 16.3 Å². The van der Waals surface area contributed by atoms with Crippen LogP contribution in [0.15, 0.2) is 48.5 Å². The average molecular weight is 441 g/mol. The summed E-state index contributed by atoms with van der Waals surface area (Å²) in [6, 6.07) is 11.6. The second-order valence-electron chi connectivity index (χ2n) is 6.14. The number of benzene rings is 2. The third-order valence-corrected chi connectivity index (χ3v) is 5.34. The standard InChI is InChI=1S/C20H16ClF3N2O2S/c1-12-18(29-17(26-12)11-28-16-8-6-15(21)7-9-16)19(27)25-10-13-2-4-14(5-3-13)20(22,23)24/h2-9H,10-11H2,1H3,(H,25,27). The molecule has 1 N–H and O–H groups in total. The molecule has 0 unspecified atom stereocenters. The third kappa shape index (κ3) is 5.71. The van der Waals surface area contributed by atoms with E-state index < -0.39 is 11.7 Å². The number of carbonyl (C=O) groups excluding carboxylic acids is 1. The van der Waals surface area contributed by atoms with Crippen LogP contribution >= 0.6 is 22.9 Å². The molecule has 4 nitrogen and oxygen atoms in total. The van der Waals surface area contributed by atoms with E-state index in [0.717, 1.165) is 12.1 Å². The number of nitrogens with one attached hydrogen (secondary N) is 1. The van der Waals surface area contributed by atoms with E-state index >= 15 is 0 Å². The highest BCUT2D eigenvalue weighted by Crippen LogP contribution is 2.29. The lowest BCUT2D eigenvalue weighted by Crippen LogP contribution is -2.22. The maximum absolute atomic E-state index is 12.6. The lowest BCUT2D eigenvalue weighted by atomic mass is 10.1. The third-order valence-electron chi connectivity index (χ3n) is 3.96. The molecule has 1 aromatic heterocycles. The molecule has 9 heteroatoms. The van der Waals surface area contributed by atoms with E-state index in [0.29, 0.717) is 31.9 Å². The molecule has 0 saturated heterocycles. The molecule has 152 valence electrons. The molecular formula is C20H16ClF3N2O2S. The van der Waals surface area contributed by atoms with Gasteiger partial charge in [0.15, 0.2) is 0 Å². The van der Waals surface area contributed by atoms with Crippen molar-refractivity contribution in [2.45, 2.75) is 26.3 Å². The molecule has 0 saturated carbocycles. The number of hydrogen-bond acceptors (Lipinski definition) is 4. The number of halogens is 4. The predicted molar refractivity (Wildman–Crippen MR) is 105 cm³/mol. The summed E-state index contributed by atoms with van der Waals surface area (Å²) in [5, 5.41) is 3.94. The molecule has 29 heavy (non-hydrogen) atoms. The first kappa shape index (κ1) is 21.1. The van der Waals surface area contributed by atoms with Crippen LogP contribution in [0.3, 0.4) is 0 Å². The molecule has 1 heterocycles. The van der Waals surface area contributed by atoms with Crippen molar-refractivity contribution < 1.29 is 22.7 Å². The smallest absolute Gasteiger partial charge is 0.416 e. The topological polar surface area (TPSA) is 51.2 Å². The normalized spacial score (nSPS) is 11.3. The molecular weight excluding hydrogens is 425 g/mol. The van der Waals surface area contributed by atoms with Gasteiger partial charge in [0.1, 0.15) is 22.2 Å². The number of hydrogen-bond donors (Lipinski definition) is 1. The first-order chi connectivity index (χ1) is 13.7. The van der Waals surface area contributed by atoms with Crippen LogP contribution < -0.4 is 10.1 Å². The first-order valence-electron chi connectivity index (χ1n) is 8.51. The van der Waals surface area contributed by atoms with Gasteiger partial charge in [0, 0.05) is 11.6 Å². The van der Waals surface area contributed by atoms with Crippen molar-refractivity contribution >= 4 is 28.8 Å². The van der Waals surface area contributed by atoms with Crippen molar-refractivity contribution in [1.82, 2.24) is 10.3 Å². The molecule has 0 aliphatic rings. The highest BCUT2D eigenvalue weighted by molar-refractivity contribution is 7.13. The lowest BCUT2D eigenvalue weighted by Gasteiger charge is -2.08. The molecule has 2 aromatic carbocycles. The molecule has 3 aromatic rings. The number of thiazole rings is 1. The second kappa shape index (κ2) is 8.84. The molecule has 1 amide bonds. The van der Waals surface area contributed by atoms with Gasteiger partial charge in [-0.2, -0.15) is 13.2 Å². The highest BCUT2D eigenvalue weighted by Gasteiger charge is 2.29. The van der Waals surface area contributed by atoms with Gasteiger partial charge in [0.05, 0.1) is 11.3 Å². The summed E-state index contributed by atoms with van der Waals surface area (Å²) in [5.74, 6) is 0.299. The van der Waals surface area contributed by atoms with Crippen LogP contribution in [0.4, 0.5) is 13.2 Å². The Morgan fingerprint density at radius 1 is 1.14 bits per heavy atom. The van der Waals surface area contributed by atoms with Gasteiger partial charge in [-0.3, -0.25) is 4.79 Å². The Labute approximate surface area is 174 Å². The van der Waals surface area contributed by atoms with Gasteiger partial charge in [0.2, 0.25) is 0 Å². The molecule has 0 aliphatic carbocycles. The van der Waals surface area contributed by atoms with Gasteiger partial charge in [-0.15, -0.1) is 11.3 Å². The number of amides is 1. The number of alkyl halides is 3. The van der Waals surface area contributed by atoms with Crippen LogP contribution in [-0.2, 0) is 19.3 Å². The zero-order valence-electron chi connectivity index (χ0n) is 15.2. The fraction of sp³-hybridized carbons (Fsp3) is 0.200.